The van der Waals surface area contributed by atoms with Gasteiger partial charge < -0.3 is 19.3 Å². The number of hydrogen-bond donors (Lipinski definition) is 1. The summed E-state index contributed by atoms with van der Waals surface area (Å²) in [4.78, 5) is 2.15. The van der Waals surface area contributed by atoms with Gasteiger partial charge in [-0.25, -0.2) is 0 Å². The fraction of sp³-hybridized carbons (Fsp3) is 1.00. The summed E-state index contributed by atoms with van der Waals surface area (Å²) in [6, 6.07) is 0.160. The van der Waals surface area contributed by atoms with Gasteiger partial charge in [0.2, 0.25) is 0 Å². The van der Waals surface area contributed by atoms with Crippen molar-refractivity contribution in [1.29, 1.82) is 0 Å². The Morgan fingerprint density at radius 2 is 2.12 bits per heavy atom. The van der Waals surface area contributed by atoms with Crippen LogP contribution in [0.3, 0.4) is 0 Å². The second-order valence-electron chi connectivity index (χ2n) is 5.29. The van der Waals surface area contributed by atoms with Crippen LogP contribution in [0.4, 0.5) is 0 Å². The molecular weight excluding hydrogens is 210 g/mol. The van der Waals surface area contributed by atoms with E-state index < -0.39 is 11.9 Å². The quantitative estimate of drug-likeness (QED) is 0.630. The third-order valence-corrected chi connectivity index (χ3v) is 3.65. The minimum Gasteiger partial charge on any atom is -0.389 e. The average Bonchev–Trinajstić information content (AvgIpc) is 2.53. The second kappa shape index (κ2) is 3.65. The molecule has 0 aromatic heterocycles. The van der Waals surface area contributed by atoms with Gasteiger partial charge in [0, 0.05) is 19.2 Å². The summed E-state index contributed by atoms with van der Waals surface area (Å²) in [5.74, 6) is -0.578. The van der Waals surface area contributed by atoms with E-state index in [1.807, 2.05) is 13.8 Å². The molecule has 5 nitrogen and oxygen atoms in total. The number of piperidine rings is 1. The van der Waals surface area contributed by atoms with E-state index in [0.29, 0.717) is 6.73 Å². The smallest absolute Gasteiger partial charge is 0.163 e. The third-order valence-electron chi connectivity index (χ3n) is 3.65. The number of fused-ring (bicyclic) bond motifs is 2. The van der Waals surface area contributed by atoms with E-state index in [1.54, 1.807) is 0 Å². The van der Waals surface area contributed by atoms with Gasteiger partial charge in [-0.2, -0.15) is 0 Å². The Kier molecular flexibility index (Phi) is 2.49. The van der Waals surface area contributed by atoms with Crippen molar-refractivity contribution in [2.24, 2.45) is 0 Å². The van der Waals surface area contributed by atoms with E-state index in [-0.39, 0.29) is 18.2 Å². The maximum Gasteiger partial charge on any atom is 0.163 e. The number of nitrogens with zero attached hydrogens (tertiary/aromatic N) is 1. The topological polar surface area (TPSA) is 51.2 Å². The van der Waals surface area contributed by atoms with Gasteiger partial charge in [-0.3, -0.25) is 4.90 Å². The first-order valence-electron chi connectivity index (χ1n) is 5.92. The van der Waals surface area contributed by atoms with E-state index >= 15 is 0 Å². The molecule has 3 fully saturated rings. The van der Waals surface area contributed by atoms with Gasteiger partial charge in [0.25, 0.3) is 0 Å². The molecule has 92 valence electrons. The van der Waals surface area contributed by atoms with Gasteiger partial charge in [0.1, 0.15) is 12.2 Å². The van der Waals surface area contributed by atoms with Crippen molar-refractivity contribution < 1.29 is 19.3 Å². The highest BCUT2D eigenvalue weighted by Crippen LogP contribution is 2.36. The van der Waals surface area contributed by atoms with Crippen molar-refractivity contribution in [3.05, 3.63) is 0 Å². The van der Waals surface area contributed by atoms with Gasteiger partial charge in [-0.15, -0.1) is 0 Å². The lowest BCUT2D eigenvalue weighted by Crippen LogP contribution is -2.62. The SMILES string of the molecule is CC1(C)O[C@H]2[C@@H](O)[C@H]3CCOCN3C[C@@H]2O1. The van der Waals surface area contributed by atoms with E-state index in [1.165, 1.54) is 0 Å². The highest BCUT2D eigenvalue weighted by atomic mass is 16.8. The lowest BCUT2D eigenvalue weighted by Gasteiger charge is -2.45. The Morgan fingerprint density at radius 1 is 1.31 bits per heavy atom. The fourth-order valence-corrected chi connectivity index (χ4v) is 2.98. The minimum atomic E-state index is -0.578. The maximum atomic E-state index is 10.3. The zero-order chi connectivity index (χ0) is 11.3. The molecule has 0 aliphatic carbocycles. The summed E-state index contributed by atoms with van der Waals surface area (Å²) < 4.78 is 17.0. The summed E-state index contributed by atoms with van der Waals surface area (Å²) in [6.07, 6.45) is 0.176. The molecule has 0 amide bonds. The molecule has 1 N–H and O–H groups in total. The number of ether oxygens (including phenoxy) is 3. The van der Waals surface area contributed by atoms with Crippen molar-refractivity contribution in [2.45, 2.75) is 50.4 Å². The first-order chi connectivity index (χ1) is 7.57. The van der Waals surface area contributed by atoms with Gasteiger partial charge >= 0.3 is 0 Å². The zero-order valence-corrected chi connectivity index (χ0v) is 9.76. The van der Waals surface area contributed by atoms with E-state index in [0.717, 1.165) is 19.6 Å². The highest BCUT2D eigenvalue weighted by molar-refractivity contribution is 4.99. The van der Waals surface area contributed by atoms with Crippen LogP contribution in [0.1, 0.15) is 20.3 Å². The first-order valence-corrected chi connectivity index (χ1v) is 5.92. The summed E-state index contributed by atoms with van der Waals surface area (Å²) in [7, 11) is 0. The summed E-state index contributed by atoms with van der Waals surface area (Å²) in [6.45, 7) is 5.89. The molecule has 0 aromatic rings. The number of aliphatic hydroxyl groups excluding tert-OH is 1. The molecule has 0 aromatic carbocycles. The molecule has 0 unspecified atom stereocenters. The summed E-state index contributed by atoms with van der Waals surface area (Å²) in [5.41, 5.74) is 0. The van der Waals surface area contributed by atoms with Crippen molar-refractivity contribution >= 4 is 0 Å². The van der Waals surface area contributed by atoms with Gasteiger partial charge in [-0.1, -0.05) is 0 Å². The van der Waals surface area contributed by atoms with Crippen LogP contribution in [0, 0.1) is 0 Å². The lowest BCUT2D eigenvalue weighted by molar-refractivity contribution is -0.162. The molecule has 5 heteroatoms. The lowest BCUT2D eigenvalue weighted by atomic mass is 9.92. The maximum absolute atomic E-state index is 10.3. The molecule has 0 spiro atoms. The third kappa shape index (κ3) is 1.67. The van der Waals surface area contributed by atoms with Crippen LogP contribution in [-0.4, -0.2) is 60.0 Å². The van der Waals surface area contributed by atoms with Crippen LogP contribution >= 0.6 is 0 Å². The van der Waals surface area contributed by atoms with Gasteiger partial charge in [0.05, 0.1) is 12.8 Å². The van der Waals surface area contributed by atoms with Crippen molar-refractivity contribution in [2.75, 3.05) is 19.9 Å². The molecular formula is C11H19NO4. The summed E-state index contributed by atoms with van der Waals surface area (Å²) in [5, 5.41) is 10.3. The van der Waals surface area contributed by atoms with Gasteiger partial charge in [-0.05, 0) is 20.3 Å². The Labute approximate surface area is 95.3 Å². The van der Waals surface area contributed by atoms with E-state index in [2.05, 4.69) is 4.90 Å². The van der Waals surface area contributed by atoms with Crippen LogP contribution in [0.2, 0.25) is 0 Å². The molecule has 16 heavy (non-hydrogen) atoms. The van der Waals surface area contributed by atoms with Crippen LogP contribution in [-0.2, 0) is 14.2 Å². The largest absolute Gasteiger partial charge is 0.389 e. The first kappa shape index (κ1) is 10.9. The molecule has 3 aliphatic rings. The van der Waals surface area contributed by atoms with E-state index in [4.69, 9.17) is 14.2 Å². The fourth-order valence-electron chi connectivity index (χ4n) is 2.98. The number of hydrogen-bond acceptors (Lipinski definition) is 5. The highest BCUT2D eigenvalue weighted by Gasteiger charge is 2.52. The van der Waals surface area contributed by atoms with Crippen molar-refractivity contribution in [3.8, 4) is 0 Å². The van der Waals surface area contributed by atoms with Crippen LogP contribution in [0.5, 0.6) is 0 Å². The summed E-state index contributed by atoms with van der Waals surface area (Å²) >= 11 is 0. The van der Waals surface area contributed by atoms with Crippen molar-refractivity contribution in [3.63, 3.8) is 0 Å². The molecule has 0 bridgehead atoms. The normalized spacial score (nSPS) is 47.4. The van der Waals surface area contributed by atoms with Crippen molar-refractivity contribution in [1.82, 2.24) is 4.90 Å². The standard InChI is InChI=1S/C11H19NO4/c1-11(2)15-8-5-12-6-14-4-3-7(12)9(13)10(8)16-11/h7-10,13H,3-6H2,1-2H3/t7-,8+,9+,10-/m1/s1. The predicted molar refractivity (Wildman–Crippen MR) is 55.8 cm³/mol. The molecule has 0 saturated carbocycles. The molecule has 3 saturated heterocycles. The van der Waals surface area contributed by atoms with E-state index in [9.17, 15) is 5.11 Å². The molecule has 3 rings (SSSR count). The Balaban J connectivity index is 1.79. The molecule has 4 atom stereocenters. The van der Waals surface area contributed by atoms with Crippen LogP contribution in [0.15, 0.2) is 0 Å². The zero-order valence-electron chi connectivity index (χ0n) is 9.76. The molecule has 3 aliphatic heterocycles. The molecule has 3 heterocycles. The monoisotopic (exact) mass is 229 g/mol. The van der Waals surface area contributed by atoms with Gasteiger partial charge in [0.15, 0.2) is 5.79 Å². The Hall–Kier alpha value is -0.200. The van der Waals surface area contributed by atoms with Crippen LogP contribution in [0.25, 0.3) is 0 Å². The number of aliphatic hydroxyl groups is 1. The van der Waals surface area contributed by atoms with Crippen LogP contribution < -0.4 is 0 Å². The Bertz CT molecular complexity index is 283. The predicted octanol–water partition coefficient (Wildman–Crippen LogP) is -0.0706. The number of rotatable bonds is 0. The average molecular weight is 229 g/mol. The molecule has 0 radical (unpaired) electrons. The second-order valence-corrected chi connectivity index (χ2v) is 5.29. The minimum absolute atomic E-state index is 0.0389. The Morgan fingerprint density at radius 3 is 2.94 bits per heavy atom.